The first-order valence-electron chi connectivity index (χ1n) is 10.7. The highest BCUT2D eigenvalue weighted by atomic mass is 32.2. The van der Waals surface area contributed by atoms with E-state index in [1.54, 1.807) is 39.0 Å². The third-order valence-corrected chi connectivity index (χ3v) is 7.42. The second-order valence-electron chi connectivity index (χ2n) is 7.87. The summed E-state index contributed by atoms with van der Waals surface area (Å²) in [6.07, 6.45) is 0. The summed E-state index contributed by atoms with van der Waals surface area (Å²) in [5.41, 5.74) is 2.83. The maximum atomic E-state index is 13.9. The fraction of sp³-hybridized carbons (Fsp3) is 0.292. The molecule has 1 aliphatic heterocycles. The second-order valence-corrected chi connectivity index (χ2v) is 9.81. The minimum absolute atomic E-state index is 0.00567. The number of aromatic nitrogens is 1. The molecule has 0 radical (unpaired) electrons. The van der Waals surface area contributed by atoms with Crippen molar-refractivity contribution >= 4 is 16.0 Å². The van der Waals surface area contributed by atoms with E-state index >= 15 is 0 Å². The van der Waals surface area contributed by atoms with Crippen molar-refractivity contribution in [2.45, 2.75) is 38.8 Å². The maximum Gasteiger partial charge on any atom is 0.355 e. The molecule has 180 valence electrons. The van der Waals surface area contributed by atoms with Crippen LogP contribution in [0.4, 0.5) is 4.39 Å². The zero-order valence-corrected chi connectivity index (χ0v) is 19.9. The van der Waals surface area contributed by atoms with Gasteiger partial charge in [-0.1, -0.05) is 12.1 Å². The number of esters is 1. The number of hydrogen-bond acceptors (Lipinski definition) is 6. The molecule has 0 atom stereocenters. The number of aryl methyl sites for hydroxylation is 1. The Morgan fingerprint density at radius 3 is 2.62 bits per heavy atom. The van der Waals surface area contributed by atoms with Crippen molar-refractivity contribution in [3.05, 3.63) is 76.4 Å². The number of carbonyl (C=O) groups excluding carboxylic acids is 1. The third kappa shape index (κ3) is 4.64. The lowest BCUT2D eigenvalue weighted by atomic mass is 10.1. The molecule has 1 N–H and O–H groups in total. The zero-order chi connectivity index (χ0) is 24.5. The molecule has 0 aliphatic carbocycles. The molecule has 0 amide bonds. The van der Waals surface area contributed by atoms with E-state index in [9.17, 15) is 17.6 Å². The summed E-state index contributed by atoms with van der Waals surface area (Å²) in [7, 11) is -4.10. The van der Waals surface area contributed by atoms with Gasteiger partial charge in [0.05, 0.1) is 11.5 Å². The van der Waals surface area contributed by atoms with Gasteiger partial charge in [0.1, 0.15) is 11.5 Å². The summed E-state index contributed by atoms with van der Waals surface area (Å²) in [5.74, 6) is -0.0498. The highest BCUT2D eigenvalue weighted by Crippen LogP contribution is 2.34. The largest absolute Gasteiger partial charge is 0.461 e. The van der Waals surface area contributed by atoms with Crippen LogP contribution in [0.5, 0.6) is 11.5 Å². The number of H-pyrrole nitrogens is 1. The van der Waals surface area contributed by atoms with Gasteiger partial charge in [0, 0.05) is 18.8 Å². The molecule has 2 heterocycles. The van der Waals surface area contributed by atoms with Crippen molar-refractivity contribution in [2.24, 2.45) is 0 Å². The Labute approximate surface area is 197 Å². The summed E-state index contributed by atoms with van der Waals surface area (Å²) in [6.45, 7) is 5.48. The van der Waals surface area contributed by atoms with Crippen molar-refractivity contribution in [3.63, 3.8) is 0 Å². The Balaban J connectivity index is 1.73. The molecule has 0 fully saturated rings. The number of sulfonamides is 1. The molecule has 0 spiro atoms. The van der Waals surface area contributed by atoms with Crippen LogP contribution >= 0.6 is 0 Å². The molecule has 3 aromatic rings. The molecule has 34 heavy (non-hydrogen) atoms. The fourth-order valence-corrected chi connectivity index (χ4v) is 5.28. The van der Waals surface area contributed by atoms with Crippen molar-refractivity contribution in [1.82, 2.24) is 9.29 Å². The minimum atomic E-state index is -4.10. The van der Waals surface area contributed by atoms with E-state index in [2.05, 4.69) is 4.98 Å². The van der Waals surface area contributed by atoms with Crippen LogP contribution in [0.2, 0.25) is 0 Å². The Morgan fingerprint density at radius 2 is 1.88 bits per heavy atom. The van der Waals surface area contributed by atoms with E-state index in [0.717, 1.165) is 6.07 Å². The van der Waals surface area contributed by atoms with E-state index in [0.29, 0.717) is 33.9 Å². The number of aromatic amines is 1. The van der Waals surface area contributed by atoms with Gasteiger partial charge in [0.25, 0.3) is 0 Å². The zero-order valence-electron chi connectivity index (χ0n) is 19.1. The molecular weight excluding hydrogens is 463 g/mol. The van der Waals surface area contributed by atoms with E-state index in [1.165, 1.54) is 22.5 Å². The van der Waals surface area contributed by atoms with Gasteiger partial charge in [-0.05, 0) is 67.8 Å². The smallest absolute Gasteiger partial charge is 0.355 e. The van der Waals surface area contributed by atoms with Gasteiger partial charge in [-0.3, -0.25) is 0 Å². The van der Waals surface area contributed by atoms with Gasteiger partial charge in [-0.2, -0.15) is 4.31 Å². The summed E-state index contributed by atoms with van der Waals surface area (Å²) < 4.78 is 58.2. The van der Waals surface area contributed by atoms with Crippen LogP contribution in [0.25, 0.3) is 0 Å². The predicted molar refractivity (Wildman–Crippen MR) is 122 cm³/mol. The van der Waals surface area contributed by atoms with Crippen molar-refractivity contribution in [2.75, 3.05) is 13.4 Å². The number of halogens is 1. The third-order valence-electron chi connectivity index (χ3n) is 5.64. The molecule has 0 saturated carbocycles. The van der Waals surface area contributed by atoms with Crippen molar-refractivity contribution < 1.29 is 31.8 Å². The van der Waals surface area contributed by atoms with Crippen LogP contribution in [-0.4, -0.2) is 37.1 Å². The highest BCUT2D eigenvalue weighted by Gasteiger charge is 2.29. The number of benzene rings is 2. The van der Waals surface area contributed by atoms with Crippen LogP contribution in [0.15, 0.2) is 47.4 Å². The summed E-state index contributed by atoms with van der Waals surface area (Å²) in [5, 5.41) is 0. The first-order valence-corrected chi connectivity index (χ1v) is 12.1. The topological polar surface area (TPSA) is 97.9 Å². The number of fused-ring (bicyclic) bond motifs is 1. The molecule has 8 nitrogen and oxygen atoms in total. The van der Waals surface area contributed by atoms with Gasteiger partial charge in [-0.25, -0.2) is 17.6 Å². The molecule has 1 aliphatic rings. The molecule has 2 aromatic carbocycles. The number of rotatable bonds is 8. The molecule has 0 saturated heterocycles. The average Bonchev–Trinajstić information content (AvgIpc) is 3.38. The molecule has 0 unspecified atom stereocenters. The molecule has 10 heteroatoms. The van der Waals surface area contributed by atoms with Crippen LogP contribution in [-0.2, 0) is 27.8 Å². The number of hydrogen-bond donors (Lipinski definition) is 1. The highest BCUT2D eigenvalue weighted by molar-refractivity contribution is 7.89. The van der Waals surface area contributed by atoms with E-state index in [1.807, 2.05) is 0 Å². The maximum absolute atomic E-state index is 13.9. The SMILES string of the molecule is CCOC(=O)c1[nH]c(C)c(CN(Cc2ccc3c(c2)OCO3)S(=O)(=O)c2cccc(F)c2)c1C. The molecule has 4 rings (SSSR count). The summed E-state index contributed by atoms with van der Waals surface area (Å²) in [6, 6.07) is 10.1. The summed E-state index contributed by atoms with van der Waals surface area (Å²) in [4.78, 5) is 15.2. The van der Waals surface area contributed by atoms with Gasteiger partial charge < -0.3 is 19.2 Å². The Kier molecular flexibility index (Phi) is 6.63. The van der Waals surface area contributed by atoms with Gasteiger partial charge in [0.2, 0.25) is 16.8 Å². The van der Waals surface area contributed by atoms with Crippen LogP contribution in [0, 0.1) is 19.7 Å². The first-order chi connectivity index (χ1) is 16.2. The molecule has 0 bridgehead atoms. The second kappa shape index (κ2) is 9.47. The quantitative estimate of drug-likeness (QED) is 0.480. The van der Waals surface area contributed by atoms with Crippen LogP contribution in [0.1, 0.15) is 39.8 Å². The number of nitrogens with one attached hydrogen (secondary N) is 1. The van der Waals surface area contributed by atoms with E-state index < -0.39 is 21.8 Å². The molecular formula is C24H25FN2O6S. The lowest BCUT2D eigenvalue weighted by Crippen LogP contribution is -2.30. The summed E-state index contributed by atoms with van der Waals surface area (Å²) >= 11 is 0. The molecule has 1 aromatic heterocycles. The average molecular weight is 489 g/mol. The lowest BCUT2D eigenvalue weighted by molar-refractivity contribution is 0.0519. The number of nitrogens with zero attached hydrogens (tertiary/aromatic N) is 1. The predicted octanol–water partition coefficient (Wildman–Crippen LogP) is 4.07. The normalized spacial score (nSPS) is 12.9. The van der Waals surface area contributed by atoms with Crippen LogP contribution in [0.3, 0.4) is 0 Å². The Bertz CT molecular complexity index is 1340. The monoisotopic (exact) mass is 488 g/mol. The lowest BCUT2D eigenvalue weighted by Gasteiger charge is -2.23. The van der Waals surface area contributed by atoms with Crippen molar-refractivity contribution in [3.8, 4) is 11.5 Å². The fourth-order valence-electron chi connectivity index (χ4n) is 3.86. The van der Waals surface area contributed by atoms with Gasteiger partial charge in [-0.15, -0.1) is 0 Å². The Morgan fingerprint density at radius 1 is 1.12 bits per heavy atom. The van der Waals surface area contributed by atoms with E-state index in [-0.39, 0.29) is 37.1 Å². The number of carbonyl (C=O) groups is 1. The first kappa shape index (κ1) is 23.8. The standard InChI is InChI=1S/C24H25FN2O6S/c1-4-31-24(28)23-15(2)20(16(3)26-23)13-27(34(29,30)19-7-5-6-18(25)11-19)12-17-8-9-21-22(10-17)33-14-32-21/h5-11,26H,4,12-14H2,1-3H3. The van der Waals surface area contributed by atoms with Crippen molar-refractivity contribution in [1.29, 1.82) is 0 Å². The van der Waals surface area contributed by atoms with Gasteiger partial charge in [0.15, 0.2) is 11.5 Å². The van der Waals surface area contributed by atoms with Crippen LogP contribution < -0.4 is 9.47 Å². The minimum Gasteiger partial charge on any atom is -0.461 e. The number of ether oxygens (including phenoxy) is 3. The Hall–Kier alpha value is -3.37. The van der Waals surface area contributed by atoms with Gasteiger partial charge >= 0.3 is 5.97 Å². The van der Waals surface area contributed by atoms with E-state index in [4.69, 9.17) is 14.2 Å².